The molecule has 0 spiro atoms. The van der Waals surface area contributed by atoms with Crippen LogP contribution in [0.1, 0.15) is 28.8 Å². The number of hydrogen-bond donors (Lipinski definition) is 3. The lowest BCUT2D eigenvalue weighted by Gasteiger charge is -2.15. The van der Waals surface area contributed by atoms with Gasteiger partial charge in [-0.05, 0) is 30.2 Å². The number of rotatable bonds is 9. The van der Waals surface area contributed by atoms with E-state index in [0.29, 0.717) is 47.4 Å². The van der Waals surface area contributed by atoms with E-state index < -0.39 is 17.2 Å². The van der Waals surface area contributed by atoms with Gasteiger partial charge < -0.3 is 25.3 Å². The highest BCUT2D eigenvalue weighted by molar-refractivity contribution is 6.36. The van der Waals surface area contributed by atoms with E-state index in [1.165, 1.54) is 24.9 Å². The molecule has 11 nitrogen and oxygen atoms in total. The lowest BCUT2D eigenvalue weighted by atomic mass is 10.0. The lowest BCUT2D eigenvalue weighted by molar-refractivity contribution is -0.119. The second-order valence-corrected chi connectivity index (χ2v) is 10.7. The van der Waals surface area contributed by atoms with Crippen LogP contribution in [0.15, 0.2) is 70.4 Å². The van der Waals surface area contributed by atoms with E-state index in [1.807, 2.05) is 36.4 Å². The first-order valence-electron chi connectivity index (χ1n) is 13.7. The molecule has 2 amide bonds. The average Bonchev–Trinajstić information content (AvgIpc) is 3.42. The number of carbonyl (C=O) groups excluding carboxylic acids is 2. The maximum Gasteiger partial charge on any atom is 0.330 e. The fourth-order valence-electron chi connectivity index (χ4n) is 5.02. The Morgan fingerprint density at radius 1 is 1.09 bits per heavy atom. The smallest absolute Gasteiger partial charge is 0.330 e. The van der Waals surface area contributed by atoms with Crippen LogP contribution in [0.2, 0.25) is 5.02 Å². The molecule has 43 heavy (non-hydrogen) atoms. The molecule has 1 atom stereocenters. The Hall–Kier alpha value is -4.74. The molecule has 3 heterocycles. The van der Waals surface area contributed by atoms with Gasteiger partial charge in [-0.15, -0.1) is 0 Å². The van der Waals surface area contributed by atoms with Gasteiger partial charge in [0.25, 0.3) is 11.5 Å². The van der Waals surface area contributed by atoms with Crippen LogP contribution in [0.4, 0.5) is 5.69 Å². The Morgan fingerprint density at radius 3 is 2.60 bits per heavy atom. The first-order valence-corrected chi connectivity index (χ1v) is 14.1. The molecule has 0 aliphatic carbocycles. The van der Waals surface area contributed by atoms with Crippen molar-refractivity contribution in [3.63, 3.8) is 0 Å². The van der Waals surface area contributed by atoms with E-state index in [0.717, 1.165) is 27.7 Å². The van der Waals surface area contributed by atoms with E-state index in [9.17, 15) is 19.2 Å². The number of halogens is 1. The van der Waals surface area contributed by atoms with Crippen LogP contribution in [0, 0.1) is 0 Å². The third-order valence-electron chi connectivity index (χ3n) is 7.32. The fourth-order valence-corrected chi connectivity index (χ4v) is 5.35. The summed E-state index contributed by atoms with van der Waals surface area (Å²) in [6, 6.07) is 16.6. The molecule has 222 valence electrons. The van der Waals surface area contributed by atoms with Gasteiger partial charge in [-0.1, -0.05) is 48.0 Å². The van der Waals surface area contributed by atoms with Gasteiger partial charge in [0.05, 0.1) is 17.8 Å². The molecule has 1 fully saturated rings. The molecule has 5 rings (SSSR count). The van der Waals surface area contributed by atoms with Gasteiger partial charge in [0.15, 0.2) is 0 Å². The van der Waals surface area contributed by atoms with Gasteiger partial charge in [0.2, 0.25) is 11.8 Å². The SMILES string of the molecule is COc1nc(-c2cccc(-c3cccc(NC(=O)c4cn(C)c(=O)n(C)c4=O)c3)c2Cl)ccc1CNC[C@@H]1CCC(=O)N1. The molecule has 0 saturated carbocycles. The summed E-state index contributed by atoms with van der Waals surface area (Å²) in [7, 11) is 4.36. The van der Waals surface area contributed by atoms with E-state index >= 15 is 0 Å². The Morgan fingerprint density at radius 2 is 1.86 bits per heavy atom. The largest absolute Gasteiger partial charge is 0.481 e. The number of aryl methyl sites for hydroxylation is 1. The van der Waals surface area contributed by atoms with Gasteiger partial charge >= 0.3 is 5.69 Å². The number of carbonyl (C=O) groups is 2. The molecule has 4 aromatic rings. The van der Waals surface area contributed by atoms with E-state index in [4.69, 9.17) is 21.3 Å². The molecule has 2 aromatic carbocycles. The number of hydrogen-bond acceptors (Lipinski definition) is 7. The van der Waals surface area contributed by atoms with E-state index in [2.05, 4.69) is 16.0 Å². The second kappa shape index (κ2) is 12.6. The zero-order chi connectivity index (χ0) is 30.7. The summed E-state index contributed by atoms with van der Waals surface area (Å²) in [5, 5.41) is 9.51. The maximum atomic E-state index is 12.9. The molecule has 1 aliphatic heterocycles. The normalized spacial score (nSPS) is 14.4. The van der Waals surface area contributed by atoms with Gasteiger partial charge in [-0.3, -0.25) is 19.0 Å². The predicted octanol–water partition coefficient (Wildman–Crippen LogP) is 3.10. The standard InChI is InChI=1S/C31H31ClN6O5/c1-37-17-24(30(41)38(2)31(37)42)28(40)35-20-7-4-6-18(14-20)22-8-5-9-23(27(22)32)25-12-10-19(29(36-25)43-3)15-33-16-21-11-13-26(39)34-21/h4-10,12,14,17,21,33H,11,13,15-16H2,1-3H3,(H,34,39)(H,35,40)/t21-/m0/s1. The number of amides is 2. The van der Waals surface area contributed by atoms with Gasteiger partial charge in [-0.2, -0.15) is 0 Å². The highest BCUT2D eigenvalue weighted by Crippen LogP contribution is 2.37. The van der Waals surface area contributed by atoms with Crippen LogP contribution in [0.25, 0.3) is 22.4 Å². The summed E-state index contributed by atoms with van der Waals surface area (Å²) in [4.78, 5) is 53.6. The zero-order valence-corrected chi connectivity index (χ0v) is 24.7. The van der Waals surface area contributed by atoms with Crippen LogP contribution >= 0.6 is 11.6 Å². The van der Waals surface area contributed by atoms with Crippen LogP contribution in [0.5, 0.6) is 5.88 Å². The summed E-state index contributed by atoms with van der Waals surface area (Å²) in [5.41, 5.74) is 2.77. The molecule has 1 saturated heterocycles. The van der Waals surface area contributed by atoms with Crippen molar-refractivity contribution in [1.29, 1.82) is 0 Å². The average molecular weight is 603 g/mol. The molecular formula is C31H31ClN6O5. The van der Waals surface area contributed by atoms with Gasteiger partial charge in [-0.25, -0.2) is 9.78 Å². The highest BCUT2D eigenvalue weighted by Gasteiger charge is 2.21. The number of aromatic nitrogens is 3. The van der Waals surface area contributed by atoms with Crippen molar-refractivity contribution >= 4 is 29.1 Å². The van der Waals surface area contributed by atoms with Crippen LogP contribution in [0.3, 0.4) is 0 Å². The maximum absolute atomic E-state index is 12.9. The number of nitrogens with zero attached hydrogens (tertiary/aromatic N) is 3. The quantitative estimate of drug-likeness (QED) is 0.268. The summed E-state index contributed by atoms with van der Waals surface area (Å²) in [5.74, 6) is -0.0809. The summed E-state index contributed by atoms with van der Waals surface area (Å²) in [6.45, 7) is 1.19. The molecule has 0 unspecified atom stereocenters. The Balaban J connectivity index is 1.36. The van der Waals surface area contributed by atoms with Crippen molar-refractivity contribution in [2.24, 2.45) is 14.1 Å². The number of anilines is 1. The van der Waals surface area contributed by atoms with Crippen molar-refractivity contribution in [2.75, 3.05) is 19.0 Å². The Bertz CT molecular complexity index is 1830. The predicted molar refractivity (Wildman–Crippen MR) is 164 cm³/mol. The first kappa shape index (κ1) is 29.7. The first-order chi connectivity index (χ1) is 20.7. The zero-order valence-electron chi connectivity index (χ0n) is 23.9. The van der Waals surface area contributed by atoms with Gasteiger partial charge in [0.1, 0.15) is 5.56 Å². The molecule has 12 heteroatoms. The summed E-state index contributed by atoms with van der Waals surface area (Å²) >= 11 is 6.91. The Labute approximate surface area is 252 Å². The molecule has 2 aromatic heterocycles. The lowest BCUT2D eigenvalue weighted by Crippen LogP contribution is -2.40. The minimum atomic E-state index is -0.681. The molecule has 3 N–H and O–H groups in total. The number of ether oxygens (including phenoxy) is 1. The minimum Gasteiger partial charge on any atom is -0.481 e. The highest BCUT2D eigenvalue weighted by atomic mass is 35.5. The van der Waals surface area contributed by atoms with Crippen molar-refractivity contribution in [1.82, 2.24) is 24.8 Å². The van der Waals surface area contributed by atoms with Gasteiger partial charge in [0, 0.05) is 68.2 Å². The third-order valence-corrected chi connectivity index (χ3v) is 7.73. The summed E-state index contributed by atoms with van der Waals surface area (Å²) in [6.07, 6.45) is 2.60. The minimum absolute atomic E-state index is 0.0828. The monoisotopic (exact) mass is 602 g/mol. The third kappa shape index (κ3) is 6.37. The van der Waals surface area contributed by atoms with E-state index in [1.54, 1.807) is 25.3 Å². The van der Waals surface area contributed by atoms with Crippen molar-refractivity contribution in [3.05, 3.63) is 97.8 Å². The van der Waals surface area contributed by atoms with Crippen molar-refractivity contribution in [3.8, 4) is 28.3 Å². The molecular weight excluding hydrogens is 572 g/mol. The topological polar surface area (TPSA) is 136 Å². The summed E-state index contributed by atoms with van der Waals surface area (Å²) < 4.78 is 7.64. The molecule has 0 radical (unpaired) electrons. The second-order valence-electron chi connectivity index (χ2n) is 10.3. The number of nitrogens with one attached hydrogen (secondary N) is 3. The van der Waals surface area contributed by atoms with Crippen LogP contribution in [-0.2, 0) is 25.4 Å². The fraction of sp³-hybridized carbons (Fsp3) is 0.258. The molecule has 0 bridgehead atoms. The number of pyridine rings is 1. The number of methoxy groups -OCH3 is 1. The molecule has 1 aliphatic rings. The van der Waals surface area contributed by atoms with Crippen molar-refractivity contribution in [2.45, 2.75) is 25.4 Å². The van der Waals surface area contributed by atoms with Crippen LogP contribution in [-0.4, -0.2) is 45.6 Å². The van der Waals surface area contributed by atoms with E-state index in [-0.39, 0.29) is 17.5 Å². The Kier molecular flexibility index (Phi) is 8.74. The number of benzene rings is 2. The van der Waals surface area contributed by atoms with Crippen LogP contribution < -0.4 is 31.9 Å². The van der Waals surface area contributed by atoms with Crippen molar-refractivity contribution < 1.29 is 14.3 Å².